The van der Waals surface area contributed by atoms with Crippen LogP contribution in [-0.2, 0) is 47.7 Å². The number of carbonyl (C=O) groups excluding carboxylic acids is 6. The van der Waals surface area contributed by atoms with Gasteiger partial charge in [0.1, 0.15) is 0 Å². The molecule has 0 radical (unpaired) electrons. The lowest BCUT2D eigenvalue weighted by molar-refractivity contribution is -0.147. The highest BCUT2D eigenvalue weighted by molar-refractivity contribution is 5.81. The van der Waals surface area contributed by atoms with Crippen molar-refractivity contribution in [3.05, 3.63) is 220 Å². The molecule has 6 saturated carbocycles. The average molecular weight is 1160 g/mol. The van der Waals surface area contributed by atoms with Gasteiger partial charge in [0.2, 0.25) is 11.8 Å². The molecule has 0 aromatic carbocycles. The highest BCUT2D eigenvalue weighted by Crippen LogP contribution is 2.63. The van der Waals surface area contributed by atoms with Gasteiger partial charge in [-0.2, -0.15) is 0 Å². The number of amides is 2. The maximum atomic E-state index is 13.4. The van der Waals surface area contributed by atoms with Gasteiger partial charge in [0.15, 0.2) is 5.82 Å². The second kappa shape index (κ2) is 36.5. The van der Waals surface area contributed by atoms with Gasteiger partial charge in [-0.15, -0.1) is 0 Å². The fourth-order valence-corrected chi connectivity index (χ4v) is 13.0. The molecule has 88 heavy (non-hydrogen) atoms. The van der Waals surface area contributed by atoms with Gasteiger partial charge >= 0.3 is 23.9 Å². The zero-order valence-electron chi connectivity index (χ0n) is 49.4. The van der Waals surface area contributed by atoms with Crippen LogP contribution in [0.2, 0.25) is 0 Å². The van der Waals surface area contributed by atoms with Crippen molar-refractivity contribution >= 4 is 35.7 Å². The lowest BCUT2D eigenvalue weighted by atomic mass is 9.76. The number of carbonyl (C=O) groups is 6. The third kappa shape index (κ3) is 21.5. The van der Waals surface area contributed by atoms with Crippen LogP contribution in [-0.4, -0.2) is 85.0 Å². The molecule has 12 nitrogen and oxygen atoms in total. The molecule has 0 N–H and O–H groups in total. The van der Waals surface area contributed by atoms with Crippen molar-refractivity contribution in [1.29, 1.82) is 0 Å². The minimum atomic E-state index is -0.504. The number of hydrogen-bond acceptors (Lipinski definition) is 10. The molecular formula is C76H60N2O10. The quantitative estimate of drug-likeness (QED) is 0.0563. The van der Waals surface area contributed by atoms with Gasteiger partial charge in [-0.1, -0.05) is 19.2 Å². The summed E-state index contributed by atoms with van der Waals surface area (Å²) in [6, 6.07) is 0. The van der Waals surface area contributed by atoms with E-state index in [1.165, 1.54) is 29.7 Å². The van der Waals surface area contributed by atoms with Crippen LogP contribution in [0.1, 0.15) is 91.4 Å². The molecule has 6 rings (SSSR count). The van der Waals surface area contributed by atoms with E-state index in [4.69, 9.17) is 18.9 Å². The first-order valence-corrected chi connectivity index (χ1v) is 28.9. The van der Waals surface area contributed by atoms with Crippen molar-refractivity contribution in [1.82, 2.24) is 9.80 Å². The van der Waals surface area contributed by atoms with Crippen LogP contribution in [0, 0.1) is 71.0 Å². The van der Waals surface area contributed by atoms with Gasteiger partial charge in [0, 0.05) is 131 Å². The fourth-order valence-electron chi connectivity index (χ4n) is 13.0. The van der Waals surface area contributed by atoms with Crippen LogP contribution in [0.25, 0.3) is 0 Å². The maximum Gasteiger partial charge on any atom is 0.330 e. The first kappa shape index (κ1) is 66.0. The first-order valence-electron chi connectivity index (χ1n) is 28.9. The predicted molar refractivity (Wildman–Crippen MR) is 316 cm³/mol. The van der Waals surface area contributed by atoms with E-state index in [1.54, 1.807) is 6.92 Å². The molecule has 0 heterocycles. The van der Waals surface area contributed by atoms with Crippen LogP contribution in [0.4, 0.5) is 0 Å². The summed E-state index contributed by atoms with van der Waals surface area (Å²) in [5.41, 5.74) is 85.8. The summed E-state index contributed by atoms with van der Waals surface area (Å²) < 4.78 is 22.6. The summed E-state index contributed by atoms with van der Waals surface area (Å²) in [7, 11) is 0. The number of esters is 4. The lowest BCUT2D eigenvalue weighted by Gasteiger charge is -2.32. The molecular weight excluding hydrogens is 1100 g/mol. The molecule has 434 valence electrons. The molecule has 0 aliphatic heterocycles. The standard InChI is InChI=1S/C76H60N2O10/c1-6-9-10-11-12-13-14-15-16-17-18-19-20-21-22-23-24-25-26-27-28-29-30-31-32-33-34-35-36-37-38-39-40-41-72(77(58(4)79)44-42-75(83)87-56-64-50-62-52-68(64)70-48-60(46-66(62)70)54-85-73(81)7-2)78(59(5)80)45-43-76(84)88-57-65-51-63-53-69(65)71-49-61(47-67(63)71)55-86-74(82)8-3/h7,60-71H,1-2,8,42-57H2,3-5H3. The highest BCUT2D eigenvalue weighted by atomic mass is 16.5. The van der Waals surface area contributed by atoms with E-state index in [0.717, 1.165) is 51.4 Å². The monoisotopic (exact) mass is 1160 g/mol. The second-order valence-corrected chi connectivity index (χ2v) is 21.3. The fraction of sp³-hybridized carbons (Fsp3) is 0.421. The van der Waals surface area contributed by atoms with Gasteiger partial charge in [0.05, 0.1) is 39.3 Å². The van der Waals surface area contributed by atoms with Crippen LogP contribution in [0.5, 0.6) is 0 Å². The van der Waals surface area contributed by atoms with Crippen LogP contribution < -0.4 is 0 Å². The summed E-state index contributed by atoms with van der Waals surface area (Å²) in [6.07, 6.45) is 9.41. The summed E-state index contributed by atoms with van der Waals surface area (Å²) in [4.78, 5) is 79.5. The summed E-state index contributed by atoms with van der Waals surface area (Å²) in [5, 5.41) is 0. The Hall–Kier alpha value is -11.2. The Kier molecular flexibility index (Phi) is 27.4. The summed E-state index contributed by atoms with van der Waals surface area (Å²) in [5.74, 6) is 2.64. The number of fused-ring (bicyclic) bond motifs is 10. The Bertz CT molecular complexity index is 4270. The highest BCUT2D eigenvalue weighted by Gasteiger charge is 2.57. The molecule has 0 saturated heterocycles. The number of hydrogen-bond donors (Lipinski definition) is 0. The van der Waals surface area contributed by atoms with Crippen molar-refractivity contribution in [3.63, 3.8) is 0 Å². The number of nitrogens with zero attached hydrogens (tertiary/aromatic N) is 2. The Labute approximate surface area is 512 Å². The topological polar surface area (TPSA) is 146 Å². The number of rotatable bonds is 18. The molecule has 0 aromatic heterocycles. The van der Waals surface area contributed by atoms with Gasteiger partial charge in [-0.3, -0.25) is 33.8 Å². The van der Waals surface area contributed by atoms with Crippen LogP contribution in [0.15, 0.2) is 220 Å². The molecule has 0 spiro atoms. The normalized spacial score (nSPS) is 22.3. The Morgan fingerprint density at radius 2 is 0.716 bits per heavy atom. The largest absolute Gasteiger partial charge is 0.465 e. The smallest absolute Gasteiger partial charge is 0.330 e. The molecule has 2 amide bonds. The minimum absolute atomic E-state index is 0.0670. The van der Waals surface area contributed by atoms with Crippen molar-refractivity contribution in [2.24, 2.45) is 71.0 Å². The van der Waals surface area contributed by atoms with Crippen molar-refractivity contribution in [2.75, 3.05) is 39.5 Å². The third-order valence-electron chi connectivity index (χ3n) is 16.3. The Morgan fingerprint density at radius 1 is 0.398 bits per heavy atom. The second-order valence-electron chi connectivity index (χ2n) is 21.3. The van der Waals surface area contributed by atoms with Gasteiger partial charge in [-0.05, 0) is 226 Å². The van der Waals surface area contributed by atoms with Crippen molar-refractivity contribution < 1.29 is 47.7 Å². The zero-order chi connectivity index (χ0) is 62.7. The molecule has 6 fully saturated rings. The molecule has 12 unspecified atom stereocenters. The van der Waals surface area contributed by atoms with E-state index < -0.39 is 29.7 Å². The summed E-state index contributed by atoms with van der Waals surface area (Å²) in [6.45, 7) is 12.3. The zero-order valence-corrected chi connectivity index (χ0v) is 49.4. The molecule has 0 aromatic rings. The SMILES string of the molecule is C=C=C=C=C=C=C=C=C=C=C=C=C=C=C=C=C=C=C=C=C=C=C=C=C=C=C=C=C=C=C=C=C=C=C=C(N(CCC(=O)OCC1CC2CC1C1CC(COC(=O)C=C)CC21)C(C)=O)N(CCC(=O)OCC1CC2CC1C1CC(COC(=O)CC)CC21)C(C)=O. The van der Waals surface area contributed by atoms with E-state index in [9.17, 15) is 28.8 Å². The Balaban J connectivity index is 1.15. The van der Waals surface area contributed by atoms with Crippen LogP contribution in [0.3, 0.4) is 0 Å². The first-order chi connectivity index (χ1) is 42.9. The summed E-state index contributed by atoms with van der Waals surface area (Å²) >= 11 is 0. The van der Waals surface area contributed by atoms with Crippen LogP contribution >= 0.6 is 0 Å². The third-order valence-corrected chi connectivity index (χ3v) is 16.3. The van der Waals surface area contributed by atoms with E-state index in [-0.39, 0.29) is 62.8 Å². The van der Waals surface area contributed by atoms with Crippen molar-refractivity contribution in [2.45, 2.75) is 91.4 Å². The average Bonchev–Trinajstić information content (AvgIpc) is 1.64. The van der Waals surface area contributed by atoms with Gasteiger partial charge in [0.25, 0.3) is 0 Å². The van der Waals surface area contributed by atoms with E-state index >= 15 is 0 Å². The van der Waals surface area contributed by atoms with Gasteiger partial charge < -0.3 is 18.9 Å². The molecule has 4 bridgehead atoms. The molecule has 12 atom stereocenters. The molecule has 6 aliphatic rings. The minimum Gasteiger partial charge on any atom is -0.465 e. The Morgan fingerprint density at radius 3 is 1.05 bits per heavy atom. The lowest BCUT2D eigenvalue weighted by Crippen LogP contribution is -2.42. The van der Waals surface area contributed by atoms with E-state index in [0.29, 0.717) is 78.8 Å². The van der Waals surface area contributed by atoms with Gasteiger partial charge in [-0.25, -0.2) is 4.79 Å². The maximum absolute atomic E-state index is 13.4. The van der Waals surface area contributed by atoms with Crippen molar-refractivity contribution in [3.8, 4) is 0 Å². The number of ether oxygens (including phenoxy) is 4. The van der Waals surface area contributed by atoms with E-state index in [2.05, 4.69) is 208 Å². The molecule has 6 aliphatic carbocycles. The van der Waals surface area contributed by atoms with E-state index in [1.807, 2.05) is 0 Å². The predicted octanol–water partition coefficient (Wildman–Crippen LogP) is 10.6. The molecule has 12 heteroatoms.